The summed E-state index contributed by atoms with van der Waals surface area (Å²) in [5.74, 6) is -0.174. The van der Waals surface area contributed by atoms with Gasteiger partial charge in [0.2, 0.25) is 5.91 Å². The minimum absolute atomic E-state index is 0.0626. The average molecular weight is 369 g/mol. The number of nitrogens with zero attached hydrogens (tertiary/aromatic N) is 2. The molecular weight excluding hydrogens is 342 g/mol. The molecule has 2 atom stereocenters. The number of benzene rings is 1. The standard InChI is InChI=1S/C21H27N3O3/c1-13-8-14(2)10-15(9-13)24-17(12-18-22-6-7-23-18)16(11-19(24)25)20(26)27-21(3,4)5/h6-10,16-17H,11-12H2,1-5H3,(H,22,23). The van der Waals surface area contributed by atoms with Gasteiger partial charge in [0.05, 0.1) is 12.0 Å². The Morgan fingerprint density at radius 2 is 1.93 bits per heavy atom. The Morgan fingerprint density at radius 1 is 1.26 bits per heavy atom. The van der Waals surface area contributed by atoms with Crippen LogP contribution in [-0.4, -0.2) is 33.5 Å². The number of amides is 1. The number of hydrogen-bond acceptors (Lipinski definition) is 4. The van der Waals surface area contributed by atoms with Crippen molar-refractivity contribution >= 4 is 17.6 Å². The van der Waals surface area contributed by atoms with Crippen molar-refractivity contribution in [2.45, 2.75) is 59.1 Å². The Labute approximate surface area is 159 Å². The van der Waals surface area contributed by atoms with Crippen LogP contribution in [0.1, 0.15) is 44.1 Å². The lowest BCUT2D eigenvalue weighted by atomic mass is 9.96. The minimum atomic E-state index is -0.595. The number of esters is 1. The van der Waals surface area contributed by atoms with Gasteiger partial charge in [-0.15, -0.1) is 0 Å². The predicted molar refractivity (Wildman–Crippen MR) is 103 cm³/mol. The first kappa shape index (κ1) is 19.1. The summed E-state index contributed by atoms with van der Waals surface area (Å²) in [7, 11) is 0. The second-order valence-corrected chi connectivity index (χ2v) is 8.26. The minimum Gasteiger partial charge on any atom is -0.460 e. The van der Waals surface area contributed by atoms with Crippen molar-refractivity contribution in [2.75, 3.05) is 4.90 Å². The van der Waals surface area contributed by atoms with E-state index in [1.54, 1.807) is 17.3 Å². The van der Waals surface area contributed by atoms with Gasteiger partial charge >= 0.3 is 5.97 Å². The third kappa shape index (κ3) is 4.38. The first-order valence-corrected chi connectivity index (χ1v) is 9.25. The van der Waals surface area contributed by atoms with Gasteiger partial charge in [-0.3, -0.25) is 9.59 Å². The molecule has 1 fully saturated rings. The topological polar surface area (TPSA) is 75.3 Å². The molecule has 27 heavy (non-hydrogen) atoms. The van der Waals surface area contributed by atoms with Crippen molar-refractivity contribution in [3.63, 3.8) is 0 Å². The van der Waals surface area contributed by atoms with E-state index in [0.717, 1.165) is 22.6 Å². The van der Waals surface area contributed by atoms with Crippen LogP contribution in [0, 0.1) is 19.8 Å². The second-order valence-electron chi connectivity index (χ2n) is 8.26. The summed E-state index contributed by atoms with van der Waals surface area (Å²) >= 11 is 0. The molecule has 0 saturated carbocycles. The maximum atomic E-state index is 12.9. The van der Waals surface area contributed by atoms with E-state index >= 15 is 0 Å². The number of H-pyrrole nitrogens is 1. The highest BCUT2D eigenvalue weighted by Crippen LogP contribution is 2.35. The number of rotatable bonds is 4. The monoisotopic (exact) mass is 369 g/mol. The van der Waals surface area contributed by atoms with E-state index in [4.69, 9.17) is 4.74 Å². The summed E-state index contributed by atoms with van der Waals surface area (Å²) in [6, 6.07) is 5.70. The highest BCUT2D eigenvalue weighted by atomic mass is 16.6. The summed E-state index contributed by atoms with van der Waals surface area (Å²) in [6.07, 6.45) is 4.04. The van der Waals surface area contributed by atoms with E-state index in [1.165, 1.54) is 0 Å². The number of aromatic nitrogens is 2. The smallest absolute Gasteiger partial charge is 0.312 e. The van der Waals surface area contributed by atoms with Gasteiger partial charge in [-0.05, 0) is 57.9 Å². The van der Waals surface area contributed by atoms with Crippen LogP contribution in [0.25, 0.3) is 0 Å². The van der Waals surface area contributed by atoms with Crippen LogP contribution in [0.2, 0.25) is 0 Å². The molecule has 2 aromatic rings. The van der Waals surface area contributed by atoms with Crippen LogP contribution in [0.5, 0.6) is 0 Å². The van der Waals surface area contributed by atoms with Crippen molar-refractivity contribution in [3.05, 3.63) is 47.5 Å². The molecule has 1 amide bonds. The molecule has 1 aliphatic rings. The quantitative estimate of drug-likeness (QED) is 0.839. The van der Waals surface area contributed by atoms with Gasteiger partial charge in [0, 0.05) is 30.9 Å². The van der Waals surface area contributed by atoms with Crippen LogP contribution in [0.4, 0.5) is 5.69 Å². The second kappa shape index (κ2) is 7.18. The number of imidazole rings is 1. The third-order valence-electron chi connectivity index (χ3n) is 4.61. The molecule has 1 aliphatic heterocycles. The van der Waals surface area contributed by atoms with Crippen molar-refractivity contribution in [3.8, 4) is 0 Å². The van der Waals surface area contributed by atoms with Crippen LogP contribution in [0.15, 0.2) is 30.6 Å². The zero-order valence-corrected chi connectivity index (χ0v) is 16.6. The number of hydrogen-bond donors (Lipinski definition) is 1. The summed E-state index contributed by atoms with van der Waals surface area (Å²) in [6.45, 7) is 9.52. The number of aryl methyl sites for hydroxylation is 2. The number of anilines is 1. The third-order valence-corrected chi connectivity index (χ3v) is 4.61. The highest BCUT2D eigenvalue weighted by Gasteiger charge is 2.46. The molecular formula is C21H27N3O3. The Bertz CT molecular complexity index is 817. The first-order chi connectivity index (χ1) is 12.6. The number of aromatic amines is 1. The molecule has 2 unspecified atom stereocenters. The van der Waals surface area contributed by atoms with Gasteiger partial charge in [-0.2, -0.15) is 0 Å². The molecule has 1 aromatic heterocycles. The summed E-state index contributed by atoms with van der Waals surface area (Å²) in [5.41, 5.74) is 2.38. The predicted octanol–water partition coefficient (Wildman–Crippen LogP) is 3.33. The Hall–Kier alpha value is -2.63. The fourth-order valence-corrected chi connectivity index (χ4v) is 3.67. The van der Waals surface area contributed by atoms with E-state index in [-0.39, 0.29) is 24.3 Å². The summed E-state index contributed by atoms with van der Waals surface area (Å²) in [5, 5.41) is 0. The number of carbonyl (C=O) groups is 2. The zero-order chi connectivity index (χ0) is 19.8. The molecule has 6 nitrogen and oxygen atoms in total. The molecule has 0 aliphatic carbocycles. The molecule has 1 aromatic carbocycles. The average Bonchev–Trinajstić information content (AvgIpc) is 3.13. The van der Waals surface area contributed by atoms with Crippen molar-refractivity contribution in [1.29, 1.82) is 0 Å². The van der Waals surface area contributed by atoms with E-state index < -0.39 is 11.5 Å². The summed E-state index contributed by atoms with van der Waals surface area (Å²) < 4.78 is 5.60. The lowest BCUT2D eigenvalue weighted by Crippen LogP contribution is -2.41. The maximum absolute atomic E-state index is 12.9. The Kier molecular flexibility index (Phi) is 5.09. The molecule has 1 saturated heterocycles. The fraction of sp³-hybridized carbons (Fsp3) is 0.476. The largest absolute Gasteiger partial charge is 0.460 e. The zero-order valence-electron chi connectivity index (χ0n) is 16.6. The number of carbonyl (C=O) groups excluding carboxylic acids is 2. The number of ether oxygens (including phenoxy) is 1. The molecule has 3 rings (SSSR count). The van der Waals surface area contributed by atoms with Crippen molar-refractivity contribution in [1.82, 2.24) is 9.97 Å². The molecule has 0 radical (unpaired) electrons. The van der Waals surface area contributed by atoms with E-state index in [1.807, 2.05) is 46.8 Å². The van der Waals surface area contributed by atoms with Gasteiger partial charge in [-0.25, -0.2) is 4.98 Å². The Morgan fingerprint density at radius 3 is 2.48 bits per heavy atom. The van der Waals surface area contributed by atoms with Gasteiger partial charge in [0.25, 0.3) is 0 Å². The lowest BCUT2D eigenvalue weighted by molar-refractivity contribution is -0.160. The van der Waals surface area contributed by atoms with Gasteiger partial charge < -0.3 is 14.6 Å². The van der Waals surface area contributed by atoms with Crippen LogP contribution in [0.3, 0.4) is 0 Å². The van der Waals surface area contributed by atoms with Crippen LogP contribution < -0.4 is 4.90 Å². The molecule has 2 heterocycles. The number of nitrogens with one attached hydrogen (secondary N) is 1. The van der Waals surface area contributed by atoms with Crippen molar-refractivity contribution < 1.29 is 14.3 Å². The summed E-state index contributed by atoms with van der Waals surface area (Å²) in [4.78, 5) is 34.8. The lowest BCUT2D eigenvalue weighted by Gasteiger charge is -2.29. The molecule has 6 heteroatoms. The van der Waals surface area contributed by atoms with Crippen LogP contribution >= 0.6 is 0 Å². The van der Waals surface area contributed by atoms with E-state index in [2.05, 4.69) is 16.0 Å². The van der Waals surface area contributed by atoms with Crippen molar-refractivity contribution in [2.24, 2.45) is 5.92 Å². The first-order valence-electron chi connectivity index (χ1n) is 9.25. The normalized spacial score (nSPS) is 20.2. The highest BCUT2D eigenvalue weighted by molar-refractivity contribution is 6.00. The Balaban J connectivity index is 1.97. The maximum Gasteiger partial charge on any atom is 0.312 e. The van der Waals surface area contributed by atoms with Gasteiger partial charge in [0.15, 0.2) is 0 Å². The molecule has 0 spiro atoms. The molecule has 144 valence electrons. The van der Waals surface area contributed by atoms with E-state index in [9.17, 15) is 9.59 Å². The molecule has 0 bridgehead atoms. The van der Waals surface area contributed by atoms with Gasteiger partial charge in [-0.1, -0.05) is 6.07 Å². The fourth-order valence-electron chi connectivity index (χ4n) is 3.67. The van der Waals surface area contributed by atoms with E-state index in [0.29, 0.717) is 6.42 Å². The molecule has 1 N–H and O–H groups in total. The van der Waals surface area contributed by atoms with Gasteiger partial charge in [0.1, 0.15) is 11.4 Å². The SMILES string of the molecule is Cc1cc(C)cc(N2C(=O)CC(C(=O)OC(C)(C)C)C2Cc2ncc[nH]2)c1. The van der Waals surface area contributed by atoms with Crippen LogP contribution in [-0.2, 0) is 20.7 Å².